The Hall–Kier alpha value is -1.76. The van der Waals surface area contributed by atoms with E-state index >= 15 is 0 Å². The zero-order chi connectivity index (χ0) is 19.6. The molecule has 4 rings (SSSR count). The van der Waals surface area contributed by atoms with Crippen molar-refractivity contribution in [1.29, 1.82) is 0 Å². The van der Waals surface area contributed by atoms with E-state index in [0.717, 1.165) is 56.3 Å². The Labute approximate surface area is 169 Å². The molecule has 3 unspecified atom stereocenters. The lowest BCUT2D eigenvalue weighted by atomic mass is 9.88. The number of halogens is 1. The van der Waals surface area contributed by atoms with Crippen molar-refractivity contribution in [1.82, 2.24) is 16.0 Å². The van der Waals surface area contributed by atoms with Crippen molar-refractivity contribution in [3.05, 3.63) is 35.6 Å². The normalized spacial score (nSPS) is 27.9. The van der Waals surface area contributed by atoms with Crippen molar-refractivity contribution in [2.45, 2.75) is 74.2 Å². The molecule has 7 heteroatoms. The Morgan fingerprint density at radius 2 is 1.93 bits per heavy atom. The number of carbonyl (C=O) groups excluding carboxylic acids is 2. The van der Waals surface area contributed by atoms with Gasteiger partial charge in [-0.1, -0.05) is 31.4 Å². The van der Waals surface area contributed by atoms with E-state index in [-0.39, 0.29) is 35.4 Å². The molecule has 2 saturated heterocycles. The Morgan fingerprint density at radius 3 is 2.68 bits per heavy atom. The smallest absolute Gasteiger partial charge is 0.315 e. The first kappa shape index (κ1) is 19.6. The van der Waals surface area contributed by atoms with Crippen molar-refractivity contribution in [3.63, 3.8) is 0 Å². The number of nitrogens with one attached hydrogen (secondary N) is 3. The summed E-state index contributed by atoms with van der Waals surface area (Å²) in [7, 11) is 0. The molecule has 0 aromatic heterocycles. The molecular formula is C21H28FN3O2S. The van der Waals surface area contributed by atoms with Gasteiger partial charge in [-0.2, -0.15) is 11.8 Å². The Morgan fingerprint density at radius 1 is 1.18 bits per heavy atom. The standard InChI is InChI=1S/C21H28FN3O2S/c22-15-9-7-14(8-10-15)21(11-3-4-12-21)25-18(26)6-2-1-5-17-19-16(13-28-17)23-20(27)24-19/h7-10,16-17,19H,1-6,11-13H2,(H,25,26)(H2,23,24,27). The zero-order valence-electron chi connectivity index (χ0n) is 16.0. The third-order valence-corrected chi connectivity index (χ3v) is 7.82. The summed E-state index contributed by atoms with van der Waals surface area (Å²) in [5.41, 5.74) is 0.677. The first-order valence-electron chi connectivity index (χ1n) is 10.3. The number of urea groups is 1. The average Bonchev–Trinajstić information content (AvgIpc) is 3.37. The highest BCUT2D eigenvalue weighted by molar-refractivity contribution is 8.00. The molecule has 3 amide bonds. The van der Waals surface area contributed by atoms with Crippen LogP contribution in [0.3, 0.4) is 0 Å². The van der Waals surface area contributed by atoms with Gasteiger partial charge in [0.05, 0.1) is 17.6 Å². The molecule has 1 aromatic carbocycles. The number of benzene rings is 1. The van der Waals surface area contributed by atoms with Crippen LogP contribution in [0.4, 0.5) is 9.18 Å². The zero-order valence-corrected chi connectivity index (χ0v) is 16.8. The van der Waals surface area contributed by atoms with E-state index < -0.39 is 0 Å². The summed E-state index contributed by atoms with van der Waals surface area (Å²) in [5.74, 6) is 0.803. The predicted molar refractivity (Wildman–Crippen MR) is 109 cm³/mol. The number of hydrogen-bond acceptors (Lipinski definition) is 3. The molecule has 0 radical (unpaired) electrons. The third kappa shape index (κ3) is 4.14. The van der Waals surface area contributed by atoms with Crippen molar-refractivity contribution < 1.29 is 14.0 Å². The summed E-state index contributed by atoms with van der Waals surface area (Å²) in [6.45, 7) is 0. The van der Waals surface area contributed by atoms with E-state index in [1.807, 2.05) is 11.8 Å². The molecular weight excluding hydrogens is 377 g/mol. The number of carbonyl (C=O) groups is 2. The molecule has 1 aliphatic carbocycles. The Kier molecular flexibility index (Phi) is 5.80. The lowest BCUT2D eigenvalue weighted by Gasteiger charge is -2.31. The predicted octanol–water partition coefficient (Wildman–Crippen LogP) is 3.44. The monoisotopic (exact) mass is 405 g/mol. The topological polar surface area (TPSA) is 70.2 Å². The second-order valence-electron chi connectivity index (χ2n) is 8.21. The van der Waals surface area contributed by atoms with E-state index in [1.165, 1.54) is 12.1 Å². The number of thioether (sulfide) groups is 1. The fraction of sp³-hybridized carbons (Fsp3) is 0.619. The Bertz CT molecular complexity index is 721. The van der Waals surface area contributed by atoms with E-state index in [9.17, 15) is 14.0 Å². The van der Waals surface area contributed by atoms with Gasteiger partial charge in [0, 0.05) is 17.4 Å². The minimum atomic E-state index is -0.334. The highest BCUT2D eigenvalue weighted by Gasteiger charge is 2.42. The fourth-order valence-corrected chi connectivity index (χ4v) is 6.38. The molecule has 2 heterocycles. The van der Waals surface area contributed by atoms with Gasteiger partial charge >= 0.3 is 6.03 Å². The molecule has 152 valence electrons. The van der Waals surface area contributed by atoms with Crippen LogP contribution in [0.2, 0.25) is 0 Å². The van der Waals surface area contributed by atoms with E-state index in [2.05, 4.69) is 16.0 Å². The third-order valence-electron chi connectivity index (χ3n) is 6.31. The van der Waals surface area contributed by atoms with Crippen LogP contribution in [-0.4, -0.2) is 35.0 Å². The Balaban J connectivity index is 1.24. The highest BCUT2D eigenvalue weighted by Crippen LogP contribution is 2.39. The molecule has 1 saturated carbocycles. The summed E-state index contributed by atoms with van der Waals surface area (Å²) < 4.78 is 13.3. The minimum absolute atomic E-state index is 0.0534. The molecule has 3 N–H and O–H groups in total. The molecule has 5 nitrogen and oxygen atoms in total. The minimum Gasteiger partial charge on any atom is -0.347 e. The molecule has 3 fully saturated rings. The second-order valence-corrected chi connectivity index (χ2v) is 9.48. The molecule has 0 bridgehead atoms. The SMILES string of the molecule is O=C(CCCCC1SCC2NC(=O)NC21)NC1(c2ccc(F)cc2)CCCC1. The maximum Gasteiger partial charge on any atom is 0.315 e. The van der Waals surface area contributed by atoms with E-state index in [0.29, 0.717) is 11.7 Å². The van der Waals surface area contributed by atoms with Crippen molar-refractivity contribution in [3.8, 4) is 0 Å². The van der Waals surface area contributed by atoms with E-state index in [4.69, 9.17) is 0 Å². The lowest BCUT2D eigenvalue weighted by Crippen LogP contribution is -2.43. The summed E-state index contributed by atoms with van der Waals surface area (Å²) in [6.07, 6.45) is 7.35. The maximum absolute atomic E-state index is 13.3. The maximum atomic E-state index is 13.3. The van der Waals surface area contributed by atoms with Gasteiger partial charge in [-0.05, 0) is 43.4 Å². The van der Waals surface area contributed by atoms with Crippen molar-refractivity contribution >= 4 is 23.7 Å². The van der Waals surface area contributed by atoms with Crippen LogP contribution < -0.4 is 16.0 Å². The summed E-state index contributed by atoms with van der Waals surface area (Å²) in [6, 6.07) is 6.99. The first-order valence-corrected chi connectivity index (χ1v) is 11.4. The first-order chi connectivity index (χ1) is 13.6. The van der Waals surface area contributed by atoms with Gasteiger partial charge in [-0.3, -0.25) is 4.79 Å². The summed E-state index contributed by atoms with van der Waals surface area (Å²) in [5, 5.41) is 9.68. The van der Waals surface area contributed by atoms with Crippen molar-refractivity contribution in [2.75, 3.05) is 5.75 Å². The van der Waals surface area contributed by atoms with Gasteiger partial charge in [0.25, 0.3) is 0 Å². The number of unbranched alkanes of at least 4 members (excludes halogenated alkanes) is 1. The number of rotatable bonds is 7. The molecule has 2 aliphatic heterocycles. The van der Waals surface area contributed by atoms with Gasteiger partial charge < -0.3 is 16.0 Å². The van der Waals surface area contributed by atoms with Crippen LogP contribution in [0.25, 0.3) is 0 Å². The molecule has 3 aliphatic rings. The molecule has 0 spiro atoms. The van der Waals surface area contributed by atoms with Gasteiger partial charge in [0.1, 0.15) is 5.82 Å². The molecule has 28 heavy (non-hydrogen) atoms. The summed E-state index contributed by atoms with van der Waals surface area (Å²) in [4.78, 5) is 24.1. The second kappa shape index (κ2) is 8.31. The molecule has 3 atom stereocenters. The van der Waals surface area contributed by atoms with Gasteiger partial charge in [0.2, 0.25) is 5.91 Å². The van der Waals surface area contributed by atoms with Crippen LogP contribution in [0.15, 0.2) is 24.3 Å². The quantitative estimate of drug-likeness (QED) is 0.481. The van der Waals surface area contributed by atoms with Crippen LogP contribution in [-0.2, 0) is 10.3 Å². The van der Waals surface area contributed by atoms with Crippen LogP contribution in [0.5, 0.6) is 0 Å². The summed E-state index contributed by atoms with van der Waals surface area (Å²) >= 11 is 1.91. The average molecular weight is 406 g/mol. The van der Waals surface area contributed by atoms with Gasteiger partial charge in [-0.25, -0.2) is 9.18 Å². The number of hydrogen-bond donors (Lipinski definition) is 3. The highest BCUT2D eigenvalue weighted by atomic mass is 32.2. The van der Waals surface area contributed by atoms with E-state index in [1.54, 1.807) is 12.1 Å². The van der Waals surface area contributed by atoms with Crippen LogP contribution in [0, 0.1) is 5.82 Å². The lowest BCUT2D eigenvalue weighted by molar-refractivity contribution is -0.123. The van der Waals surface area contributed by atoms with Gasteiger partial charge in [0.15, 0.2) is 0 Å². The van der Waals surface area contributed by atoms with Gasteiger partial charge in [-0.15, -0.1) is 0 Å². The number of amides is 3. The van der Waals surface area contributed by atoms with Crippen molar-refractivity contribution in [2.24, 2.45) is 0 Å². The van der Waals surface area contributed by atoms with Crippen LogP contribution >= 0.6 is 11.8 Å². The van der Waals surface area contributed by atoms with Crippen LogP contribution in [0.1, 0.15) is 56.9 Å². The number of fused-ring (bicyclic) bond motifs is 1. The molecule has 1 aromatic rings. The fourth-order valence-electron chi connectivity index (χ4n) is 4.84. The largest absolute Gasteiger partial charge is 0.347 e.